The van der Waals surface area contributed by atoms with E-state index in [1.807, 2.05) is 0 Å². The molecule has 2 N–H and O–H groups in total. The molecule has 3 aliphatic rings. The number of aromatic amines is 1. The summed E-state index contributed by atoms with van der Waals surface area (Å²) in [6.45, 7) is 4.22. The van der Waals surface area contributed by atoms with E-state index in [-0.39, 0.29) is 16.7 Å². The number of benzene rings is 1. The Bertz CT molecular complexity index is 1100. The summed E-state index contributed by atoms with van der Waals surface area (Å²) in [7, 11) is -3.53. The maximum absolute atomic E-state index is 13.0. The molecule has 0 saturated carbocycles. The van der Waals surface area contributed by atoms with Crippen LogP contribution in [-0.2, 0) is 32.5 Å². The summed E-state index contributed by atoms with van der Waals surface area (Å²) in [6.07, 6.45) is 3.87. The number of carbonyl (C=O) groups excluding carboxylic acids is 1. The molecule has 1 aromatic heterocycles. The molecule has 170 valence electrons. The summed E-state index contributed by atoms with van der Waals surface area (Å²) < 4.78 is 32.8. The molecule has 1 unspecified atom stereocenters. The van der Waals surface area contributed by atoms with E-state index in [1.165, 1.54) is 0 Å². The highest BCUT2D eigenvalue weighted by Gasteiger charge is 2.33. The first-order valence-electron chi connectivity index (χ1n) is 10.8. The zero-order valence-corrected chi connectivity index (χ0v) is 18.4. The summed E-state index contributed by atoms with van der Waals surface area (Å²) in [5, 5.41) is 9.63. The van der Waals surface area contributed by atoms with Crippen LogP contribution in [0.5, 0.6) is 0 Å². The summed E-state index contributed by atoms with van der Waals surface area (Å²) in [4.78, 5) is 19.3. The van der Waals surface area contributed by atoms with Crippen LogP contribution in [0.2, 0.25) is 0 Å². The number of amides is 1. The number of fused-ring (bicyclic) bond motifs is 1. The van der Waals surface area contributed by atoms with Gasteiger partial charge in [-0.05, 0) is 24.1 Å². The van der Waals surface area contributed by atoms with Gasteiger partial charge in [-0.25, -0.2) is 13.4 Å². The van der Waals surface area contributed by atoms with Crippen molar-refractivity contribution in [1.82, 2.24) is 24.7 Å². The van der Waals surface area contributed by atoms with Gasteiger partial charge in [-0.2, -0.15) is 9.40 Å². The first-order valence-corrected chi connectivity index (χ1v) is 12.2. The Morgan fingerprint density at radius 2 is 1.91 bits per heavy atom. The van der Waals surface area contributed by atoms with Gasteiger partial charge in [0, 0.05) is 44.5 Å². The fourth-order valence-electron chi connectivity index (χ4n) is 4.17. The normalized spacial score (nSPS) is 22.3. The molecule has 5 rings (SSSR count). The molecular formula is C21H26N6O4S. The van der Waals surface area contributed by atoms with Crippen molar-refractivity contribution in [2.45, 2.75) is 23.9 Å². The Kier molecular flexibility index (Phi) is 5.80. The molecule has 1 amide bonds. The molecule has 3 aliphatic heterocycles. The lowest BCUT2D eigenvalue weighted by atomic mass is 9.99. The van der Waals surface area contributed by atoms with Crippen LogP contribution >= 0.6 is 0 Å². The second-order valence-corrected chi connectivity index (χ2v) is 10.3. The van der Waals surface area contributed by atoms with E-state index in [0.717, 1.165) is 37.4 Å². The molecule has 0 spiro atoms. The Balaban J connectivity index is 1.15. The predicted molar refractivity (Wildman–Crippen MR) is 117 cm³/mol. The highest BCUT2D eigenvalue weighted by molar-refractivity contribution is 7.89. The van der Waals surface area contributed by atoms with Crippen LogP contribution in [-0.4, -0.2) is 85.4 Å². The third kappa shape index (κ3) is 4.20. The highest BCUT2D eigenvalue weighted by atomic mass is 32.2. The predicted octanol–water partition coefficient (Wildman–Crippen LogP) is 0.306. The molecule has 2 fully saturated rings. The van der Waals surface area contributed by atoms with Crippen LogP contribution in [0.3, 0.4) is 0 Å². The van der Waals surface area contributed by atoms with Crippen LogP contribution < -0.4 is 5.32 Å². The molecule has 10 nitrogen and oxygen atoms in total. The Hall–Kier alpha value is -2.60. The molecule has 0 aliphatic carbocycles. The number of carbonyl (C=O) groups is 1. The lowest BCUT2D eigenvalue weighted by molar-refractivity contribution is -0.123. The van der Waals surface area contributed by atoms with Crippen LogP contribution in [0.15, 0.2) is 40.4 Å². The Labute approximate surface area is 186 Å². The van der Waals surface area contributed by atoms with E-state index in [4.69, 9.17) is 4.74 Å². The van der Waals surface area contributed by atoms with Crippen LogP contribution in [0.25, 0.3) is 0 Å². The van der Waals surface area contributed by atoms with Crippen molar-refractivity contribution in [3.05, 3.63) is 41.6 Å². The summed E-state index contributed by atoms with van der Waals surface area (Å²) in [5.41, 5.74) is 1.76. The zero-order chi connectivity index (χ0) is 22.1. The zero-order valence-electron chi connectivity index (χ0n) is 17.6. The van der Waals surface area contributed by atoms with Crippen LogP contribution in [0, 0.1) is 5.92 Å². The first-order chi connectivity index (χ1) is 15.5. The number of nitrogens with zero attached hydrogens (tertiary/aromatic N) is 4. The lowest BCUT2D eigenvalue weighted by Gasteiger charge is -2.42. The van der Waals surface area contributed by atoms with E-state index in [1.54, 1.807) is 41.0 Å². The van der Waals surface area contributed by atoms with Crippen LogP contribution in [0.4, 0.5) is 5.82 Å². The van der Waals surface area contributed by atoms with Crippen molar-refractivity contribution in [2.75, 3.05) is 39.4 Å². The third-order valence-corrected chi connectivity index (χ3v) is 8.21. The van der Waals surface area contributed by atoms with Crippen molar-refractivity contribution in [1.29, 1.82) is 0 Å². The molecule has 32 heavy (non-hydrogen) atoms. The smallest absolute Gasteiger partial charge is 0.243 e. The molecule has 4 heterocycles. The molecule has 2 aromatic rings. The Morgan fingerprint density at radius 3 is 2.59 bits per heavy atom. The minimum absolute atomic E-state index is 0.118. The van der Waals surface area contributed by atoms with Crippen molar-refractivity contribution in [2.24, 2.45) is 10.9 Å². The van der Waals surface area contributed by atoms with E-state index >= 15 is 0 Å². The Morgan fingerprint density at radius 1 is 1.16 bits per heavy atom. The number of nitrogens with one attached hydrogen (secondary N) is 2. The van der Waals surface area contributed by atoms with E-state index in [2.05, 4.69) is 25.4 Å². The van der Waals surface area contributed by atoms with Crippen molar-refractivity contribution in [3.63, 3.8) is 0 Å². The average molecular weight is 459 g/mol. The van der Waals surface area contributed by atoms with Gasteiger partial charge in [0.05, 0.1) is 36.3 Å². The van der Waals surface area contributed by atoms with Gasteiger partial charge in [-0.3, -0.25) is 14.8 Å². The standard InChI is InChI=1S/C21H26N6O4S/c28-21(17-9-16-12-24-25-20(16)22-11-17)23-10-15-1-3-19(4-2-15)32(29,30)27-7-5-26(6-8-27)18-13-31-14-18/h1-4,11-12,17-18H,5-10,13-14H2,(H,23,28)(H,24,25). The second-order valence-electron chi connectivity index (χ2n) is 8.33. The number of piperazine rings is 1. The average Bonchev–Trinajstić information content (AvgIpc) is 3.25. The van der Waals surface area contributed by atoms with E-state index in [0.29, 0.717) is 37.9 Å². The topological polar surface area (TPSA) is 120 Å². The highest BCUT2D eigenvalue weighted by Crippen LogP contribution is 2.23. The number of sulfonamides is 1. The van der Waals surface area contributed by atoms with Gasteiger partial charge in [0.25, 0.3) is 0 Å². The number of hydrogen-bond donors (Lipinski definition) is 2. The van der Waals surface area contributed by atoms with E-state index in [9.17, 15) is 13.2 Å². The third-order valence-electron chi connectivity index (χ3n) is 6.29. The van der Waals surface area contributed by atoms with Gasteiger partial charge in [0.15, 0.2) is 5.82 Å². The molecule has 11 heteroatoms. The SMILES string of the molecule is O=C(NCc1ccc(S(=O)(=O)N2CCN(C3COC3)CC2)cc1)C1C=Nc2[nH]ncc2C1. The monoisotopic (exact) mass is 458 g/mol. The van der Waals surface area contributed by atoms with Gasteiger partial charge < -0.3 is 10.1 Å². The number of hydrogen-bond acceptors (Lipinski definition) is 7. The quantitative estimate of drug-likeness (QED) is 0.643. The largest absolute Gasteiger partial charge is 0.378 e. The fraction of sp³-hybridized carbons (Fsp3) is 0.476. The number of H-pyrrole nitrogens is 1. The van der Waals surface area contributed by atoms with Gasteiger partial charge in [-0.15, -0.1) is 0 Å². The lowest BCUT2D eigenvalue weighted by Crippen LogP contribution is -2.57. The maximum Gasteiger partial charge on any atom is 0.243 e. The van der Waals surface area contributed by atoms with Gasteiger partial charge in [-0.1, -0.05) is 12.1 Å². The van der Waals surface area contributed by atoms with Crippen molar-refractivity contribution in [3.8, 4) is 0 Å². The van der Waals surface area contributed by atoms with E-state index < -0.39 is 10.0 Å². The minimum Gasteiger partial charge on any atom is -0.378 e. The molecule has 0 radical (unpaired) electrons. The number of rotatable bonds is 6. The van der Waals surface area contributed by atoms with Crippen molar-refractivity contribution >= 4 is 28.0 Å². The molecule has 1 aromatic carbocycles. The molecule has 0 bridgehead atoms. The number of aromatic nitrogens is 2. The van der Waals surface area contributed by atoms with Gasteiger partial charge in [0.2, 0.25) is 15.9 Å². The summed E-state index contributed by atoms with van der Waals surface area (Å²) >= 11 is 0. The summed E-state index contributed by atoms with van der Waals surface area (Å²) in [5.74, 6) is 0.237. The second kappa shape index (κ2) is 8.74. The van der Waals surface area contributed by atoms with Gasteiger partial charge >= 0.3 is 0 Å². The molecule has 1 atom stereocenters. The molecular weight excluding hydrogens is 432 g/mol. The summed E-state index contributed by atoms with van der Waals surface area (Å²) in [6, 6.07) is 7.15. The molecule has 2 saturated heterocycles. The fourth-order valence-corrected chi connectivity index (χ4v) is 5.59. The minimum atomic E-state index is -3.53. The van der Waals surface area contributed by atoms with Crippen molar-refractivity contribution < 1.29 is 17.9 Å². The van der Waals surface area contributed by atoms with Gasteiger partial charge in [0.1, 0.15) is 0 Å². The first kappa shape index (κ1) is 21.3. The maximum atomic E-state index is 13.0. The number of aliphatic imine (C=N–C) groups is 1. The number of ether oxygens (including phenoxy) is 1. The van der Waals surface area contributed by atoms with Crippen LogP contribution in [0.1, 0.15) is 11.1 Å².